The standard InChI is InChI=1S/C19H28N2O3/c1-5-6-7-8-9-14(2)18-19(17(22-4)15(3)12-23-18)24-13-16-20-10-11-21-16/h5-11,15,17-19H,12-13H2,1-4H3,(H,20,21)/t15-,17-,18-,19+/m1/s1. The first-order valence-electron chi connectivity index (χ1n) is 8.37. The Balaban J connectivity index is 2.12. The average Bonchev–Trinajstić information content (AvgIpc) is 3.10. The molecule has 1 saturated heterocycles. The molecule has 1 fully saturated rings. The second kappa shape index (κ2) is 9.57. The van der Waals surface area contributed by atoms with Crippen molar-refractivity contribution in [3.63, 3.8) is 0 Å². The van der Waals surface area contributed by atoms with E-state index >= 15 is 0 Å². The van der Waals surface area contributed by atoms with E-state index in [4.69, 9.17) is 14.2 Å². The number of rotatable bonds is 7. The number of aromatic nitrogens is 2. The lowest BCUT2D eigenvalue weighted by molar-refractivity contribution is -0.184. The number of ether oxygens (including phenoxy) is 3. The number of methoxy groups -OCH3 is 1. The zero-order valence-electron chi connectivity index (χ0n) is 14.9. The molecule has 1 aliphatic rings. The zero-order valence-corrected chi connectivity index (χ0v) is 14.9. The largest absolute Gasteiger partial charge is 0.378 e. The van der Waals surface area contributed by atoms with Crippen LogP contribution in [0.3, 0.4) is 0 Å². The van der Waals surface area contributed by atoms with Crippen LogP contribution in [0, 0.1) is 5.92 Å². The maximum atomic E-state index is 6.14. The van der Waals surface area contributed by atoms with E-state index < -0.39 is 0 Å². The summed E-state index contributed by atoms with van der Waals surface area (Å²) in [7, 11) is 1.73. The van der Waals surface area contributed by atoms with Gasteiger partial charge in [0.25, 0.3) is 0 Å². The molecule has 1 aromatic heterocycles. The summed E-state index contributed by atoms with van der Waals surface area (Å²) < 4.78 is 17.9. The van der Waals surface area contributed by atoms with Crippen molar-refractivity contribution in [2.75, 3.05) is 13.7 Å². The van der Waals surface area contributed by atoms with Crippen molar-refractivity contribution in [2.24, 2.45) is 5.92 Å². The molecule has 2 heterocycles. The van der Waals surface area contributed by atoms with E-state index in [-0.39, 0.29) is 24.2 Å². The summed E-state index contributed by atoms with van der Waals surface area (Å²) in [5, 5.41) is 0. The summed E-state index contributed by atoms with van der Waals surface area (Å²) in [6.45, 7) is 7.25. The van der Waals surface area contributed by atoms with Gasteiger partial charge in [-0.15, -0.1) is 0 Å². The minimum atomic E-state index is -0.171. The molecule has 0 amide bonds. The van der Waals surface area contributed by atoms with E-state index in [0.717, 1.165) is 11.4 Å². The molecular formula is C19H28N2O3. The van der Waals surface area contributed by atoms with Crippen LogP contribution in [0.5, 0.6) is 0 Å². The molecule has 1 N–H and O–H groups in total. The van der Waals surface area contributed by atoms with Gasteiger partial charge in [0.1, 0.15) is 24.6 Å². The lowest BCUT2D eigenvalue weighted by atomic mass is 9.90. The minimum absolute atomic E-state index is 0.0124. The van der Waals surface area contributed by atoms with Crippen molar-refractivity contribution >= 4 is 0 Å². The van der Waals surface area contributed by atoms with E-state index in [0.29, 0.717) is 13.2 Å². The molecular weight excluding hydrogens is 304 g/mol. The molecule has 2 rings (SSSR count). The Hall–Kier alpha value is -1.69. The van der Waals surface area contributed by atoms with Gasteiger partial charge >= 0.3 is 0 Å². The van der Waals surface area contributed by atoms with Crippen molar-refractivity contribution in [2.45, 2.75) is 45.7 Å². The summed E-state index contributed by atoms with van der Waals surface area (Å²) in [6, 6.07) is 0. The molecule has 1 aromatic rings. The molecule has 0 bridgehead atoms. The smallest absolute Gasteiger partial charge is 0.132 e. The van der Waals surface area contributed by atoms with Crippen LogP contribution in [0.15, 0.2) is 48.3 Å². The molecule has 132 valence electrons. The third-order valence-electron chi connectivity index (χ3n) is 4.18. The van der Waals surface area contributed by atoms with Gasteiger partial charge in [-0.2, -0.15) is 0 Å². The lowest BCUT2D eigenvalue weighted by Crippen LogP contribution is -2.51. The molecule has 0 spiro atoms. The third-order valence-corrected chi connectivity index (χ3v) is 4.18. The normalized spacial score (nSPS) is 28.9. The van der Waals surface area contributed by atoms with Gasteiger partial charge in [0.05, 0.1) is 12.7 Å². The van der Waals surface area contributed by atoms with E-state index in [1.54, 1.807) is 19.5 Å². The maximum Gasteiger partial charge on any atom is 0.132 e. The highest BCUT2D eigenvalue weighted by Gasteiger charge is 2.40. The van der Waals surface area contributed by atoms with Gasteiger partial charge in [-0.25, -0.2) is 4.98 Å². The summed E-state index contributed by atoms with van der Waals surface area (Å²) in [5.41, 5.74) is 1.12. The Morgan fingerprint density at radius 2 is 2.21 bits per heavy atom. The van der Waals surface area contributed by atoms with Crippen LogP contribution < -0.4 is 0 Å². The van der Waals surface area contributed by atoms with Crippen molar-refractivity contribution < 1.29 is 14.2 Å². The SMILES string of the molecule is CC=CC=CC=C(C)[C@H]1OC[C@@H](C)[C@@H](OC)[C@@H]1OCc1ncc[nH]1. The Bertz CT molecular complexity index is 563. The van der Waals surface area contributed by atoms with Gasteiger partial charge in [-0.1, -0.05) is 37.3 Å². The Morgan fingerprint density at radius 3 is 2.88 bits per heavy atom. The number of nitrogens with one attached hydrogen (secondary N) is 1. The topological polar surface area (TPSA) is 56.4 Å². The highest BCUT2D eigenvalue weighted by atomic mass is 16.6. The number of hydrogen-bond donors (Lipinski definition) is 1. The van der Waals surface area contributed by atoms with Crippen molar-refractivity contribution in [1.82, 2.24) is 9.97 Å². The van der Waals surface area contributed by atoms with Crippen LogP contribution in [0.1, 0.15) is 26.6 Å². The molecule has 0 unspecified atom stereocenters. The molecule has 1 aliphatic heterocycles. The number of nitrogens with zero attached hydrogens (tertiary/aromatic N) is 1. The number of imidazole rings is 1. The fourth-order valence-corrected chi connectivity index (χ4v) is 2.91. The van der Waals surface area contributed by atoms with Crippen LogP contribution in [-0.2, 0) is 20.8 Å². The van der Waals surface area contributed by atoms with Gasteiger partial charge in [0.15, 0.2) is 0 Å². The zero-order chi connectivity index (χ0) is 17.4. The summed E-state index contributed by atoms with van der Waals surface area (Å²) in [4.78, 5) is 7.28. The molecule has 0 saturated carbocycles. The fourth-order valence-electron chi connectivity index (χ4n) is 2.91. The number of H-pyrrole nitrogens is 1. The van der Waals surface area contributed by atoms with Crippen LogP contribution in [0.4, 0.5) is 0 Å². The average molecular weight is 332 g/mol. The lowest BCUT2D eigenvalue weighted by Gasteiger charge is -2.41. The molecule has 24 heavy (non-hydrogen) atoms. The summed E-state index contributed by atoms with van der Waals surface area (Å²) >= 11 is 0. The number of hydrogen-bond acceptors (Lipinski definition) is 4. The first-order valence-corrected chi connectivity index (χ1v) is 8.37. The molecule has 5 nitrogen and oxygen atoms in total. The quantitative estimate of drug-likeness (QED) is 0.777. The second-order valence-electron chi connectivity index (χ2n) is 6.06. The van der Waals surface area contributed by atoms with Crippen LogP contribution in [-0.4, -0.2) is 42.0 Å². The van der Waals surface area contributed by atoms with Crippen LogP contribution in [0.25, 0.3) is 0 Å². The number of allylic oxidation sites excluding steroid dienone is 5. The monoisotopic (exact) mass is 332 g/mol. The van der Waals surface area contributed by atoms with Gasteiger partial charge in [0.2, 0.25) is 0 Å². The van der Waals surface area contributed by atoms with Gasteiger partial charge in [-0.3, -0.25) is 0 Å². The third kappa shape index (κ3) is 4.90. The molecule has 0 radical (unpaired) electrons. The summed E-state index contributed by atoms with van der Waals surface area (Å²) in [6.07, 6.45) is 13.3. The maximum absolute atomic E-state index is 6.14. The van der Waals surface area contributed by atoms with E-state index in [1.807, 2.05) is 31.2 Å². The van der Waals surface area contributed by atoms with Crippen LogP contribution in [0.2, 0.25) is 0 Å². The Morgan fingerprint density at radius 1 is 1.38 bits per heavy atom. The van der Waals surface area contributed by atoms with Crippen LogP contribution >= 0.6 is 0 Å². The molecule has 4 atom stereocenters. The van der Waals surface area contributed by atoms with Crippen molar-refractivity contribution in [1.29, 1.82) is 0 Å². The predicted octanol–water partition coefficient (Wildman–Crippen LogP) is 3.42. The van der Waals surface area contributed by atoms with Gasteiger partial charge < -0.3 is 19.2 Å². The first-order chi connectivity index (χ1) is 11.7. The van der Waals surface area contributed by atoms with Crippen molar-refractivity contribution in [3.05, 3.63) is 54.2 Å². The van der Waals surface area contributed by atoms with Crippen molar-refractivity contribution in [3.8, 4) is 0 Å². The van der Waals surface area contributed by atoms with Gasteiger partial charge in [0, 0.05) is 25.4 Å². The molecule has 0 aromatic carbocycles. The Labute approximate surface area is 144 Å². The first kappa shape index (κ1) is 18.6. The number of aromatic amines is 1. The Kier molecular flexibility index (Phi) is 7.43. The second-order valence-corrected chi connectivity index (χ2v) is 6.06. The fraction of sp³-hybridized carbons (Fsp3) is 0.526. The molecule has 5 heteroatoms. The highest BCUT2D eigenvalue weighted by Crippen LogP contribution is 2.29. The molecule has 0 aliphatic carbocycles. The summed E-state index contributed by atoms with van der Waals surface area (Å²) in [5.74, 6) is 1.08. The van der Waals surface area contributed by atoms with E-state index in [9.17, 15) is 0 Å². The van der Waals surface area contributed by atoms with Gasteiger partial charge in [-0.05, 0) is 19.4 Å². The highest BCUT2D eigenvalue weighted by molar-refractivity contribution is 5.20. The van der Waals surface area contributed by atoms with E-state index in [1.165, 1.54) is 0 Å². The predicted molar refractivity (Wildman–Crippen MR) is 94.6 cm³/mol. The van der Waals surface area contributed by atoms with E-state index in [2.05, 4.69) is 29.9 Å². The minimum Gasteiger partial charge on any atom is -0.378 e.